The molecule has 0 atom stereocenters. The Morgan fingerprint density at radius 1 is 1.18 bits per heavy atom. The fourth-order valence-corrected chi connectivity index (χ4v) is 3.43. The molecule has 0 aliphatic rings. The van der Waals surface area contributed by atoms with Crippen molar-refractivity contribution >= 4 is 34.9 Å². The first-order valence-electron chi connectivity index (χ1n) is 9.62. The minimum Gasteiger partial charge on any atom is -0.486 e. The highest BCUT2D eigenvalue weighted by atomic mass is 35.5. The van der Waals surface area contributed by atoms with Crippen LogP contribution in [0.1, 0.15) is 27.4 Å². The van der Waals surface area contributed by atoms with Crippen LogP contribution >= 0.6 is 23.2 Å². The lowest BCUT2D eigenvalue weighted by atomic mass is 10.2. The molecular weight excluding hydrogens is 477 g/mol. The standard InChI is InChI=1S/C22H16Cl2F2N4O3/c1-12-15(11-32-19-5-3-2-4-18(19)26)20(29-33-12)22(31)27-21-17(24)10-30(28-21)9-13-6-7-14(25)8-16(13)23/h2-8,10H,9,11H2,1H3,(H,27,28,31). The Morgan fingerprint density at radius 3 is 2.73 bits per heavy atom. The summed E-state index contributed by atoms with van der Waals surface area (Å²) >= 11 is 12.3. The van der Waals surface area contributed by atoms with Crippen molar-refractivity contribution in [1.82, 2.24) is 14.9 Å². The molecule has 0 spiro atoms. The van der Waals surface area contributed by atoms with Crippen molar-refractivity contribution in [3.05, 3.63) is 92.9 Å². The van der Waals surface area contributed by atoms with E-state index < -0.39 is 17.5 Å². The summed E-state index contributed by atoms with van der Waals surface area (Å²) in [6.45, 7) is 1.68. The number of carbonyl (C=O) groups is 1. The average Bonchev–Trinajstić information content (AvgIpc) is 3.31. The number of hydrogen-bond donors (Lipinski definition) is 1. The van der Waals surface area contributed by atoms with E-state index in [0.29, 0.717) is 16.9 Å². The van der Waals surface area contributed by atoms with Gasteiger partial charge in [0, 0.05) is 11.2 Å². The van der Waals surface area contributed by atoms with E-state index in [9.17, 15) is 13.6 Å². The number of rotatable bonds is 7. The van der Waals surface area contributed by atoms with E-state index in [-0.39, 0.29) is 40.5 Å². The maximum atomic E-state index is 13.8. The number of aryl methyl sites for hydroxylation is 1. The molecule has 2 heterocycles. The van der Waals surface area contributed by atoms with E-state index in [1.54, 1.807) is 19.1 Å². The lowest BCUT2D eigenvalue weighted by molar-refractivity contribution is 0.101. The molecular formula is C22H16Cl2F2N4O3. The quantitative estimate of drug-likeness (QED) is 0.360. The summed E-state index contributed by atoms with van der Waals surface area (Å²) in [5.41, 5.74) is 0.926. The number of amides is 1. The maximum Gasteiger partial charge on any atom is 0.279 e. The molecule has 0 aliphatic heterocycles. The molecule has 0 bridgehead atoms. The van der Waals surface area contributed by atoms with Gasteiger partial charge in [-0.05, 0) is 36.8 Å². The second-order valence-electron chi connectivity index (χ2n) is 7.00. The molecule has 33 heavy (non-hydrogen) atoms. The number of anilines is 1. The number of carbonyl (C=O) groups excluding carboxylic acids is 1. The van der Waals surface area contributed by atoms with Gasteiger partial charge >= 0.3 is 0 Å². The summed E-state index contributed by atoms with van der Waals surface area (Å²) in [5.74, 6) is -1.15. The largest absolute Gasteiger partial charge is 0.486 e. The number of ether oxygens (including phenoxy) is 1. The first kappa shape index (κ1) is 22.8. The molecule has 0 saturated carbocycles. The van der Waals surface area contributed by atoms with Crippen LogP contribution in [0, 0.1) is 18.6 Å². The van der Waals surface area contributed by atoms with Crippen molar-refractivity contribution in [3.8, 4) is 5.75 Å². The molecule has 0 fully saturated rings. The Kier molecular flexibility index (Phi) is 6.62. The maximum absolute atomic E-state index is 13.8. The average molecular weight is 493 g/mol. The monoisotopic (exact) mass is 492 g/mol. The Balaban J connectivity index is 1.48. The highest BCUT2D eigenvalue weighted by Gasteiger charge is 2.23. The minimum atomic E-state index is -0.633. The fraction of sp³-hybridized carbons (Fsp3) is 0.136. The second-order valence-corrected chi connectivity index (χ2v) is 7.81. The van der Waals surface area contributed by atoms with Crippen molar-refractivity contribution in [2.24, 2.45) is 0 Å². The topological polar surface area (TPSA) is 82.2 Å². The zero-order valence-electron chi connectivity index (χ0n) is 17.1. The smallest absolute Gasteiger partial charge is 0.279 e. The van der Waals surface area contributed by atoms with Crippen LogP contribution in [0.2, 0.25) is 10.0 Å². The van der Waals surface area contributed by atoms with Gasteiger partial charge in [-0.1, -0.05) is 46.6 Å². The summed E-state index contributed by atoms with van der Waals surface area (Å²) in [6.07, 6.45) is 1.49. The fourth-order valence-electron chi connectivity index (χ4n) is 3.01. The number of aromatic nitrogens is 3. The molecule has 2 aromatic carbocycles. The molecule has 1 amide bonds. The number of nitrogens with zero attached hydrogens (tertiary/aromatic N) is 3. The molecule has 0 saturated heterocycles. The molecule has 11 heteroatoms. The Bertz CT molecular complexity index is 1320. The molecule has 4 aromatic rings. The predicted octanol–water partition coefficient (Wildman–Crippen LogP) is 5.64. The first-order valence-corrected chi connectivity index (χ1v) is 10.4. The van der Waals surface area contributed by atoms with E-state index in [0.717, 1.165) is 0 Å². The van der Waals surface area contributed by atoms with Gasteiger partial charge in [-0.25, -0.2) is 8.78 Å². The van der Waals surface area contributed by atoms with Crippen LogP contribution in [-0.2, 0) is 13.2 Å². The van der Waals surface area contributed by atoms with Crippen molar-refractivity contribution < 1.29 is 22.8 Å². The number of para-hydroxylation sites is 1. The summed E-state index contributed by atoms with van der Waals surface area (Å²) in [6, 6.07) is 9.92. The van der Waals surface area contributed by atoms with Gasteiger partial charge in [0.15, 0.2) is 23.1 Å². The van der Waals surface area contributed by atoms with Crippen molar-refractivity contribution in [2.75, 3.05) is 5.32 Å². The van der Waals surface area contributed by atoms with Crippen LogP contribution in [-0.4, -0.2) is 20.8 Å². The number of hydrogen-bond acceptors (Lipinski definition) is 5. The van der Waals surface area contributed by atoms with Gasteiger partial charge in [0.1, 0.15) is 23.2 Å². The predicted molar refractivity (Wildman–Crippen MR) is 118 cm³/mol. The zero-order valence-corrected chi connectivity index (χ0v) is 18.6. The summed E-state index contributed by atoms with van der Waals surface area (Å²) < 4.78 is 39.1. The lowest BCUT2D eigenvalue weighted by Gasteiger charge is -2.07. The van der Waals surface area contributed by atoms with Gasteiger partial charge in [0.2, 0.25) is 0 Å². The number of halogens is 4. The van der Waals surface area contributed by atoms with Gasteiger partial charge in [-0.15, -0.1) is 0 Å². The first-order chi connectivity index (χ1) is 15.8. The number of nitrogens with one attached hydrogen (secondary N) is 1. The van der Waals surface area contributed by atoms with E-state index >= 15 is 0 Å². The summed E-state index contributed by atoms with van der Waals surface area (Å²) in [7, 11) is 0. The summed E-state index contributed by atoms with van der Waals surface area (Å²) in [4.78, 5) is 12.8. The van der Waals surface area contributed by atoms with Gasteiger partial charge < -0.3 is 14.6 Å². The van der Waals surface area contributed by atoms with Crippen molar-refractivity contribution in [3.63, 3.8) is 0 Å². The van der Waals surface area contributed by atoms with Crippen LogP contribution in [0.3, 0.4) is 0 Å². The van der Waals surface area contributed by atoms with Gasteiger partial charge in [0.25, 0.3) is 5.91 Å². The van der Waals surface area contributed by atoms with E-state index in [1.807, 2.05) is 0 Å². The van der Waals surface area contributed by atoms with Gasteiger partial charge in [-0.3, -0.25) is 9.48 Å². The molecule has 4 rings (SSSR count). The van der Waals surface area contributed by atoms with Crippen LogP contribution < -0.4 is 10.1 Å². The molecule has 0 aliphatic carbocycles. The van der Waals surface area contributed by atoms with E-state index in [4.69, 9.17) is 32.5 Å². The zero-order chi connectivity index (χ0) is 23.5. The third-order valence-corrected chi connectivity index (χ3v) is 5.33. The van der Waals surface area contributed by atoms with Crippen molar-refractivity contribution in [1.29, 1.82) is 0 Å². The van der Waals surface area contributed by atoms with E-state index in [1.165, 1.54) is 41.2 Å². The summed E-state index contributed by atoms with van der Waals surface area (Å²) in [5, 5.41) is 11.0. The van der Waals surface area contributed by atoms with Gasteiger partial charge in [0.05, 0.1) is 12.1 Å². The Labute approximate surface area is 196 Å². The molecule has 2 aromatic heterocycles. The van der Waals surface area contributed by atoms with Crippen molar-refractivity contribution in [2.45, 2.75) is 20.1 Å². The molecule has 0 unspecified atom stereocenters. The van der Waals surface area contributed by atoms with E-state index in [2.05, 4.69) is 15.6 Å². The Morgan fingerprint density at radius 2 is 1.97 bits per heavy atom. The number of benzene rings is 2. The second kappa shape index (κ2) is 9.60. The molecule has 170 valence electrons. The molecule has 7 nitrogen and oxygen atoms in total. The van der Waals surface area contributed by atoms with Gasteiger partial charge in [-0.2, -0.15) is 5.10 Å². The van der Waals surface area contributed by atoms with Crippen LogP contribution in [0.4, 0.5) is 14.6 Å². The SMILES string of the molecule is Cc1onc(C(=O)Nc2nn(Cc3ccc(F)cc3Cl)cc2Cl)c1COc1ccccc1F. The highest BCUT2D eigenvalue weighted by Crippen LogP contribution is 2.25. The lowest BCUT2D eigenvalue weighted by Crippen LogP contribution is -2.16. The third-order valence-electron chi connectivity index (χ3n) is 4.70. The normalized spacial score (nSPS) is 10.9. The van der Waals surface area contributed by atoms with Crippen LogP contribution in [0.5, 0.6) is 5.75 Å². The highest BCUT2D eigenvalue weighted by molar-refractivity contribution is 6.33. The minimum absolute atomic E-state index is 0.0331. The Hall–Kier alpha value is -3.43. The van der Waals surface area contributed by atoms with Crippen LogP contribution in [0.25, 0.3) is 0 Å². The third kappa shape index (κ3) is 5.15. The molecule has 1 N–H and O–H groups in total. The molecule has 0 radical (unpaired) electrons. The van der Waals surface area contributed by atoms with Crippen LogP contribution in [0.15, 0.2) is 53.2 Å².